The van der Waals surface area contributed by atoms with Gasteiger partial charge in [-0.25, -0.2) is 9.78 Å². The molecule has 0 radical (unpaired) electrons. The maximum atomic E-state index is 13.2. The van der Waals surface area contributed by atoms with Gasteiger partial charge in [-0.3, -0.25) is 19.1 Å². The lowest BCUT2D eigenvalue weighted by atomic mass is 10.1. The van der Waals surface area contributed by atoms with Crippen LogP contribution in [0, 0.1) is 5.92 Å². The molecule has 2 heterocycles. The first kappa shape index (κ1) is 22.6. The summed E-state index contributed by atoms with van der Waals surface area (Å²) in [6.07, 6.45) is 1.95. The third kappa shape index (κ3) is 4.62. The van der Waals surface area contributed by atoms with E-state index in [0.717, 1.165) is 24.1 Å². The van der Waals surface area contributed by atoms with E-state index in [2.05, 4.69) is 15.3 Å². The van der Waals surface area contributed by atoms with E-state index in [-0.39, 0.29) is 35.0 Å². The number of aromatic amines is 1. The average molecular weight is 453 g/mol. The fourth-order valence-electron chi connectivity index (χ4n) is 3.86. The maximum absolute atomic E-state index is 13.2. The van der Waals surface area contributed by atoms with Gasteiger partial charge in [-0.05, 0) is 42.5 Å². The highest BCUT2D eigenvalue weighted by atomic mass is 16.5. The van der Waals surface area contributed by atoms with Crippen LogP contribution in [0.3, 0.4) is 0 Å². The van der Waals surface area contributed by atoms with Crippen molar-refractivity contribution in [1.29, 1.82) is 0 Å². The van der Waals surface area contributed by atoms with Gasteiger partial charge in [0.25, 0.3) is 11.5 Å². The molecule has 0 aliphatic heterocycles. The smallest absolute Gasteiger partial charge is 0.330 e. The molecule has 1 amide bonds. The number of hydrogen-bond donors (Lipinski definition) is 2. The molecular weight excluding hydrogens is 424 g/mol. The van der Waals surface area contributed by atoms with Crippen molar-refractivity contribution in [3.8, 4) is 11.5 Å². The van der Waals surface area contributed by atoms with Crippen molar-refractivity contribution in [3.63, 3.8) is 0 Å². The topological polar surface area (TPSA) is 115 Å². The zero-order valence-electron chi connectivity index (χ0n) is 19.2. The first-order valence-electron chi connectivity index (χ1n) is 11.0. The third-order valence-electron chi connectivity index (χ3n) is 5.66. The van der Waals surface area contributed by atoms with Crippen molar-refractivity contribution < 1.29 is 14.3 Å². The van der Waals surface area contributed by atoms with E-state index in [1.54, 1.807) is 32.4 Å². The Kier molecular flexibility index (Phi) is 6.22. The molecule has 0 spiro atoms. The maximum Gasteiger partial charge on any atom is 0.330 e. The van der Waals surface area contributed by atoms with E-state index in [9.17, 15) is 14.4 Å². The number of carbonyl (C=O) groups is 1. The molecule has 0 atom stereocenters. The predicted octanol–water partition coefficient (Wildman–Crippen LogP) is 2.57. The summed E-state index contributed by atoms with van der Waals surface area (Å²) < 4.78 is 12.0. The number of methoxy groups -OCH3 is 2. The Morgan fingerprint density at radius 3 is 2.55 bits per heavy atom. The number of nitrogens with zero attached hydrogens (tertiary/aromatic N) is 2. The van der Waals surface area contributed by atoms with Gasteiger partial charge in [-0.1, -0.05) is 19.9 Å². The molecule has 1 aromatic carbocycles. The van der Waals surface area contributed by atoms with E-state index in [4.69, 9.17) is 9.47 Å². The van der Waals surface area contributed by atoms with Crippen molar-refractivity contribution in [2.45, 2.75) is 45.7 Å². The van der Waals surface area contributed by atoms with Gasteiger partial charge in [0.1, 0.15) is 0 Å². The first-order valence-corrected chi connectivity index (χ1v) is 11.0. The number of ether oxygens (including phenoxy) is 2. The molecule has 0 bridgehead atoms. The lowest BCUT2D eigenvalue weighted by Crippen LogP contribution is -2.34. The molecule has 2 N–H and O–H groups in total. The highest BCUT2D eigenvalue weighted by molar-refractivity contribution is 6.05. The molecule has 0 unspecified atom stereocenters. The summed E-state index contributed by atoms with van der Waals surface area (Å²) >= 11 is 0. The summed E-state index contributed by atoms with van der Waals surface area (Å²) in [6, 6.07) is 7.06. The fourth-order valence-corrected chi connectivity index (χ4v) is 3.86. The molecule has 4 rings (SSSR count). The van der Waals surface area contributed by atoms with Crippen LogP contribution in [0.15, 0.2) is 33.9 Å². The SMILES string of the molecule is COc1ccc(CNC(=O)c2cc(C3CC3)nc3c2c(=O)[nH]c(=O)n3CC(C)C)cc1OC. The van der Waals surface area contributed by atoms with Crippen molar-refractivity contribution in [2.75, 3.05) is 14.2 Å². The van der Waals surface area contributed by atoms with Crippen molar-refractivity contribution in [1.82, 2.24) is 19.9 Å². The molecule has 0 saturated heterocycles. The number of H-pyrrole nitrogens is 1. The minimum atomic E-state index is -0.610. The van der Waals surface area contributed by atoms with Gasteiger partial charge < -0.3 is 14.8 Å². The molecule has 1 aliphatic rings. The molecule has 9 nitrogen and oxygen atoms in total. The largest absolute Gasteiger partial charge is 0.493 e. The Morgan fingerprint density at radius 1 is 1.18 bits per heavy atom. The third-order valence-corrected chi connectivity index (χ3v) is 5.66. The van der Waals surface area contributed by atoms with E-state index in [1.165, 1.54) is 4.57 Å². The summed E-state index contributed by atoms with van der Waals surface area (Å²) in [6.45, 7) is 4.57. The van der Waals surface area contributed by atoms with Crippen LogP contribution in [0.5, 0.6) is 11.5 Å². The standard InChI is InChI=1S/C24H28N4O5/c1-13(2)12-28-21-20(23(30)27-24(28)31)16(10-17(26-21)15-6-7-15)22(29)25-11-14-5-8-18(32-3)19(9-14)33-4/h5,8-10,13,15H,6-7,11-12H2,1-4H3,(H,25,29)(H,27,30,31). The van der Waals surface area contributed by atoms with Crippen LogP contribution < -0.4 is 26.0 Å². The number of carbonyl (C=O) groups excluding carboxylic acids is 1. The highest BCUT2D eigenvalue weighted by Crippen LogP contribution is 2.40. The average Bonchev–Trinajstić information content (AvgIpc) is 3.64. The van der Waals surface area contributed by atoms with Gasteiger partial charge in [0.15, 0.2) is 17.1 Å². The van der Waals surface area contributed by atoms with Crippen LogP contribution in [0.1, 0.15) is 54.2 Å². The first-order chi connectivity index (χ1) is 15.8. The monoisotopic (exact) mass is 452 g/mol. The van der Waals surface area contributed by atoms with Crippen molar-refractivity contribution in [3.05, 3.63) is 61.9 Å². The molecule has 174 valence electrons. The zero-order valence-corrected chi connectivity index (χ0v) is 19.2. The number of hydrogen-bond acceptors (Lipinski definition) is 6. The Bertz CT molecular complexity index is 1320. The Morgan fingerprint density at radius 2 is 1.91 bits per heavy atom. The summed E-state index contributed by atoms with van der Waals surface area (Å²) in [5.41, 5.74) is 0.910. The minimum Gasteiger partial charge on any atom is -0.493 e. The van der Waals surface area contributed by atoms with Gasteiger partial charge in [0.2, 0.25) is 0 Å². The molecule has 2 aromatic heterocycles. The zero-order chi connectivity index (χ0) is 23.7. The second kappa shape index (κ2) is 9.09. The van der Waals surface area contributed by atoms with Gasteiger partial charge in [-0.2, -0.15) is 0 Å². The molecule has 33 heavy (non-hydrogen) atoms. The lowest BCUT2D eigenvalue weighted by Gasteiger charge is -2.15. The number of fused-ring (bicyclic) bond motifs is 1. The van der Waals surface area contributed by atoms with E-state index in [1.807, 2.05) is 19.9 Å². The normalized spacial score (nSPS) is 13.4. The molecule has 9 heteroatoms. The minimum absolute atomic E-state index is 0.129. The van der Waals surface area contributed by atoms with Gasteiger partial charge >= 0.3 is 5.69 Å². The van der Waals surface area contributed by atoms with E-state index in [0.29, 0.717) is 18.0 Å². The van der Waals surface area contributed by atoms with Gasteiger partial charge in [0, 0.05) is 24.7 Å². The van der Waals surface area contributed by atoms with Crippen LogP contribution in [0.4, 0.5) is 0 Å². The Labute approximate surface area is 190 Å². The quantitative estimate of drug-likeness (QED) is 0.543. The van der Waals surface area contributed by atoms with Crippen molar-refractivity contribution >= 4 is 16.9 Å². The number of benzene rings is 1. The fraction of sp³-hybridized carbons (Fsp3) is 0.417. The number of rotatable bonds is 8. The van der Waals surface area contributed by atoms with Crippen LogP contribution >= 0.6 is 0 Å². The predicted molar refractivity (Wildman–Crippen MR) is 124 cm³/mol. The number of nitrogens with one attached hydrogen (secondary N) is 2. The molecule has 3 aromatic rings. The number of amides is 1. The van der Waals surface area contributed by atoms with Crippen LogP contribution in [-0.4, -0.2) is 34.7 Å². The Balaban J connectivity index is 1.74. The highest BCUT2D eigenvalue weighted by Gasteiger charge is 2.28. The summed E-state index contributed by atoms with van der Waals surface area (Å²) in [4.78, 5) is 45.5. The van der Waals surface area contributed by atoms with Crippen LogP contribution in [0.2, 0.25) is 0 Å². The molecular formula is C24H28N4O5. The van der Waals surface area contributed by atoms with E-state index < -0.39 is 17.2 Å². The second-order valence-electron chi connectivity index (χ2n) is 8.70. The Hall–Kier alpha value is -3.62. The molecule has 1 saturated carbocycles. The van der Waals surface area contributed by atoms with Crippen LogP contribution in [0.25, 0.3) is 11.0 Å². The lowest BCUT2D eigenvalue weighted by molar-refractivity contribution is 0.0952. The van der Waals surface area contributed by atoms with Crippen LogP contribution in [-0.2, 0) is 13.1 Å². The van der Waals surface area contributed by atoms with Crippen molar-refractivity contribution in [2.24, 2.45) is 5.92 Å². The number of pyridine rings is 1. The molecule has 1 fully saturated rings. The summed E-state index contributed by atoms with van der Waals surface area (Å²) in [7, 11) is 3.10. The summed E-state index contributed by atoms with van der Waals surface area (Å²) in [5, 5.41) is 3.01. The van der Waals surface area contributed by atoms with Gasteiger partial charge in [0.05, 0.1) is 25.2 Å². The van der Waals surface area contributed by atoms with E-state index >= 15 is 0 Å². The molecule has 1 aliphatic carbocycles. The van der Waals surface area contributed by atoms with Gasteiger partial charge in [-0.15, -0.1) is 0 Å². The summed E-state index contributed by atoms with van der Waals surface area (Å²) in [5.74, 6) is 1.15. The number of aromatic nitrogens is 3. The second-order valence-corrected chi connectivity index (χ2v) is 8.70.